The Morgan fingerprint density at radius 2 is 2.00 bits per heavy atom. The van der Waals surface area contributed by atoms with Crippen molar-refractivity contribution in [1.82, 2.24) is 9.78 Å². The number of hydrogen-bond donors (Lipinski definition) is 2. The molecule has 26 heavy (non-hydrogen) atoms. The topological polar surface area (TPSA) is 76.1 Å². The van der Waals surface area contributed by atoms with E-state index in [1.54, 1.807) is 4.68 Å². The SMILES string of the molecule is CCCOc1ccc([C@@H]2SCC(=O)Nc3c2c(=O)[nH]n3[C@H](C)CC)cc1. The van der Waals surface area contributed by atoms with E-state index in [2.05, 4.69) is 24.3 Å². The summed E-state index contributed by atoms with van der Waals surface area (Å²) in [7, 11) is 0. The molecular weight excluding hydrogens is 350 g/mol. The van der Waals surface area contributed by atoms with E-state index in [4.69, 9.17) is 4.74 Å². The van der Waals surface area contributed by atoms with Crippen LogP contribution in [0.3, 0.4) is 0 Å². The zero-order valence-electron chi connectivity index (χ0n) is 15.4. The lowest BCUT2D eigenvalue weighted by Crippen LogP contribution is -2.18. The second kappa shape index (κ2) is 8.03. The van der Waals surface area contributed by atoms with Crippen LogP contribution in [-0.2, 0) is 4.79 Å². The van der Waals surface area contributed by atoms with Crippen molar-refractivity contribution < 1.29 is 9.53 Å². The van der Waals surface area contributed by atoms with Crippen LogP contribution in [-0.4, -0.2) is 28.0 Å². The molecule has 1 aliphatic rings. The van der Waals surface area contributed by atoms with Crippen LogP contribution in [0.25, 0.3) is 0 Å². The number of carbonyl (C=O) groups excluding carboxylic acids is 1. The molecule has 0 saturated carbocycles. The number of thioether (sulfide) groups is 1. The molecule has 6 nitrogen and oxygen atoms in total. The van der Waals surface area contributed by atoms with E-state index in [9.17, 15) is 9.59 Å². The number of rotatable bonds is 6. The van der Waals surface area contributed by atoms with Crippen LogP contribution in [0.2, 0.25) is 0 Å². The predicted molar refractivity (Wildman–Crippen MR) is 105 cm³/mol. The summed E-state index contributed by atoms with van der Waals surface area (Å²) in [6, 6.07) is 7.89. The lowest BCUT2D eigenvalue weighted by molar-refractivity contribution is -0.113. The van der Waals surface area contributed by atoms with Gasteiger partial charge < -0.3 is 10.1 Å². The van der Waals surface area contributed by atoms with Gasteiger partial charge in [-0.25, -0.2) is 0 Å². The standard InChI is InChI=1S/C19H25N3O3S/c1-4-10-25-14-8-6-13(7-9-14)17-16-18(20-15(23)11-26-17)22(12(3)5-2)21-19(16)24/h6-9,12,17H,4-5,10-11H2,1-3H3,(H,20,23)(H,21,24)/t12-,17+/m1/s1. The summed E-state index contributed by atoms with van der Waals surface area (Å²) in [4.78, 5) is 24.9. The minimum Gasteiger partial charge on any atom is -0.494 e. The minimum atomic E-state index is -0.196. The van der Waals surface area contributed by atoms with E-state index in [1.165, 1.54) is 11.8 Å². The normalized spacial score (nSPS) is 18.0. The molecule has 0 saturated heterocycles. The molecule has 140 valence electrons. The highest BCUT2D eigenvalue weighted by atomic mass is 32.2. The average molecular weight is 375 g/mol. The summed E-state index contributed by atoms with van der Waals surface area (Å²) in [6.07, 6.45) is 1.81. The first-order chi connectivity index (χ1) is 12.5. The molecule has 1 aromatic heterocycles. The molecule has 2 atom stereocenters. The van der Waals surface area contributed by atoms with Gasteiger partial charge in [-0.1, -0.05) is 26.0 Å². The largest absolute Gasteiger partial charge is 0.494 e. The van der Waals surface area contributed by atoms with E-state index in [-0.39, 0.29) is 22.8 Å². The smallest absolute Gasteiger partial charge is 0.270 e. The number of H-pyrrole nitrogens is 1. The third-order valence-corrected chi connectivity index (χ3v) is 5.82. The number of benzene rings is 1. The van der Waals surface area contributed by atoms with Crippen molar-refractivity contribution in [2.24, 2.45) is 0 Å². The molecule has 0 unspecified atom stereocenters. The maximum atomic E-state index is 12.7. The first-order valence-corrected chi connectivity index (χ1v) is 10.1. The van der Waals surface area contributed by atoms with Gasteiger partial charge in [0.15, 0.2) is 0 Å². The molecule has 2 N–H and O–H groups in total. The lowest BCUT2D eigenvalue weighted by Gasteiger charge is -2.16. The van der Waals surface area contributed by atoms with Crippen LogP contribution in [0.15, 0.2) is 29.1 Å². The molecule has 1 amide bonds. The Kier molecular flexibility index (Phi) is 5.76. The van der Waals surface area contributed by atoms with Crippen molar-refractivity contribution in [3.63, 3.8) is 0 Å². The molecule has 3 rings (SSSR count). The van der Waals surface area contributed by atoms with Gasteiger partial charge in [-0.05, 0) is 37.5 Å². The molecular formula is C19H25N3O3S. The van der Waals surface area contributed by atoms with E-state index < -0.39 is 0 Å². The maximum Gasteiger partial charge on any atom is 0.270 e. The van der Waals surface area contributed by atoms with Gasteiger partial charge in [0.05, 0.1) is 23.2 Å². The van der Waals surface area contributed by atoms with Gasteiger partial charge in [-0.15, -0.1) is 11.8 Å². The maximum absolute atomic E-state index is 12.7. The number of aromatic nitrogens is 2. The highest BCUT2D eigenvalue weighted by Crippen LogP contribution is 2.40. The van der Waals surface area contributed by atoms with Crippen LogP contribution in [0.1, 0.15) is 56.0 Å². The van der Waals surface area contributed by atoms with E-state index in [0.717, 1.165) is 24.2 Å². The van der Waals surface area contributed by atoms with E-state index >= 15 is 0 Å². The Bertz CT molecular complexity index is 826. The van der Waals surface area contributed by atoms with Crippen LogP contribution >= 0.6 is 11.8 Å². The average Bonchev–Trinajstić information content (AvgIpc) is 2.85. The highest BCUT2D eigenvalue weighted by Gasteiger charge is 2.31. The van der Waals surface area contributed by atoms with Crippen molar-refractivity contribution in [2.75, 3.05) is 17.7 Å². The number of nitrogens with zero attached hydrogens (tertiary/aromatic N) is 1. The van der Waals surface area contributed by atoms with Gasteiger partial charge in [-0.2, -0.15) is 0 Å². The Balaban J connectivity index is 2.00. The summed E-state index contributed by atoms with van der Waals surface area (Å²) in [5.74, 6) is 1.64. The number of ether oxygens (including phenoxy) is 1. The summed E-state index contributed by atoms with van der Waals surface area (Å²) >= 11 is 1.47. The quantitative estimate of drug-likeness (QED) is 0.807. The molecule has 7 heteroatoms. The number of aromatic amines is 1. The zero-order valence-corrected chi connectivity index (χ0v) is 16.2. The molecule has 0 spiro atoms. The van der Waals surface area contributed by atoms with Gasteiger partial charge in [-0.3, -0.25) is 19.4 Å². The fourth-order valence-corrected chi connectivity index (χ4v) is 4.10. The van der Waals surface area contributed by atoms with Crippen LogP contribution in [0.5, 0.6) is 5.75 Å². The van der Waals surface area contributed by atoms with Crippen LogP contribution < -0.4 is 15.6 Å². The third kappa shape index (κ3) is 3.67. The van der Waals surface area contributed by atoms with Crippen molar-refractivity contribution in [2.45, 2.75) is 44.9 Å². The minimum absolute atomic E-state index is 0.0855. The molecule has 0 aliphatic carbocycles. The molecule has 0 fully saturated rings. The summed E-state index contributed by atoms with van der Waals surface area (Å²) in [6.45, 7) is 6.82. The fourth-order valence-electron chi connectivity index (χ4n) is 2.98. The molecule has 1 aliphatic heterocycles. The second-order valence-corrected chi connectivity index (χ2v) is 7.58. The summed E-state index contributed by atoms with van der Waals surface area (Å²) in [5, 5.41) is 5.62. The summed E-state index contributed by atoms with van der Waals surface area (Å²) < 4.78 is 7.42. The highest BCUT2D eigenvalue weighted by molar-refractivity contribution is 8.00. The van der Waals surface area contributed by atoms with Gasteiger partial charge >= 0.3 is 0 Å². The third-order valence-electron chi connectivity index (χ3n) is 4.55. The Hall–Kier alpha value is -2.15. The second-order valence-electron chi connectivity index (χ2n) is 6.49. The van der Waals surface area contributed by atoms with Gasteiger partial charge in [0.2, 0.25) is 5.91 Å². The van der Waals surface area contributed by atoms with E-state index in [0.29, 0.717) is 23.7 Å². The monoisotopic (exact) mass is 375 g/mol. The lowest BCUT2D eigenvalue weighted by atomic mass is 10.1. The molecule has 2 aromatic rings. The van der Waals surface area contributed by atoms with Gasteiger partial charge in [0.25, 0.3) is 5.56 Å². The number of carbonyl (C=O) groups is 1. The Morgan fingerprint density at radius 3 is 2.65 bits per heavy atom. The van der Waals surface area contributed by atoms with Crippen LogP contribution in [0, 0.1) is 0 Å². The molecule has 0 radical (unpaired) electrons. The van der Waals surface area contributed by atoms with Gasteiger partial charge in [0, 0.05) is 6.04 Å². The van der Waals surface area contributed by atoms with Crippen LogP contribution in [0.4, 0.5) is 5.82 Å². The predicted octanol–water partition coefficient (Wildman–Crippen LogP) is 3.71. The number of nitrogens with one attached hydrogen (secondary N) is 2. The number of amides is 1. The van der Waals surface area contributed by atoms with Gasteiger partial charge in [0.1, 0.15) is 11.6 Å². The van der Waals surface area contributed by atoms with Crippen molar-refractivity contribution >= 4 is 23.5 Å². The number of hydrogen-bond acceptors (Lipinski definition) is 4. The first kappa shape index (κ1) is 18.6. The fraction of sp³-hybridized carbons (Fsp3) is 0.474. The van der Waals surface area contributed by atoms with Crippen molar-refractivity contribution in [3.8, 4) is 5.75 Å². The zero-order chi connectivity index (χ0) is 18.7. The first-order valence-electron chi connectivity index (χ1n) is 9.03. The molecule has 1 aromatic carbocycles. The number of fused-ring (bicyclic) bond motifs is 1. The van der Waals surface area contributed by atoms with Crippen molar-refractivity contribution in [3.05, 3.63) is 45.7 Å². The molecule has 0 bridgehead atoms. The molecule has 2 heterocycles. The Morgan fingerprint density at radius 1 is 1.27 bits per heavy atom. The summed E-state index contributed by atoms with van der Waals surface area (Å²) in [5.41, 5.74) is 1.46. The van der Waals surface area contributed by atoms with Crippen molar-refractivity contribution in [1.29, 1.82) is 0 Å². The Labute approximate surface area is 157 Å². The number of anilines is 1. The van der Waals surface area contributed by atoms with E-state index in [1.807, 2.05) is 31.2 Å².